The van der Waals surface area contributed by atoms with E-state index in [2.05, 4.69) is 5.32 Å². The minimum absolute atomic E-state index is 0.0614. The summed E-state index contributed by atoms with van der Waals surface area (Å²) in [5.41, 5.74) is 0.977. The van der Waals surface area contributed by atoms with E-state index in [0.29, 0.717) is 19.5 Å². The average molecular weight is 439 g/mol. The van der Waals surface area contributed by atoms with E-state index in [4.69, 9.17) is 4.74 Å². The smallest absolute Gasteiger partial charge is 0.247 e. The summed E-state index contributed by atoms with van der Waals surface area (Å²) in [5.74, 6) is 0.641. The molecule has 1 saturated heterocycles. The van der Waals surface area contributed by atoms with Gasteiger partial charge in [-0.05, 0) is 80.2 Å². The molecular formula is C25H30N2O3S. The van der Waals surface area contributed by atoms with Crippen molar-refractivity contribution in [3.05, 3.63) is 58.3 Å². The van der Waals surface area contributed by atoms with Crippen molar-refractivity contribution in [3.8, 4) is 5.75 Å². The molecule has 31 heavy (non-hydrogen) atoms. The maximum absolute atomic E-state index is 13.2. The van der Waals surface area contributed by atoms with Crippen LogP contribution < -0.4 is 10.1 Å². The van der Waals surface area contributed by atoms with E-state index in [1.54, 1.807) is 22.3 Å². The number of carbonyl (C=O) groups is 2. The number of thiophene rings is 1. The molecule has 6 heteroatoms. The molecule has 0 spiro atoms. The van der Waals surface area contributed by atoms with E-state index in [1.807, 2.05) is 47.9 Å². The Morgan fingerprint density at radius 2 is 1.97 bits per heavy atom. The van der Waals surface area contributed by atoms with Crippen molar-refractivity contribution < 1.29 is 14.3 Å². The summed E-state index contributed by atoms with van der Waals surface area (Å²) in [5, 5.41) is 4.95. The molecule has 164 valence electrons. The summed E-state index contributed by atoms with van der Waals surface area (Å²) in [6.07, 6.45) is 10.9. The summed E-state index contributed by atoms with van der Waals surface area (Å²) < 4.78 is 6.15. The molecule has 0 bridgehead atoms. The largest absolute Gasteiger partial charge is 0.490 e. The molecule has 5 nitrogen and oxygen atoms in total. The van der Waals surface area contributed by atoms with Gasteiger partial charge in [-0.25, -0.2) is 0 Å². The third kappa shape index (κ3) is 5.97. The number of hydrogen-bond donors (Lipinski definition) is 1. The van der Waals surface area contributed by atoms with E-state index in [9.17, 15) is 9.59 Å². The minimum atomic E-state index is -0.456. The Hall–Kier alpha value is -2.60. The second-order valence-corrected chi connectivity index (χ2v) is 9.27. The molecule has 1 aromatic carbocycles. The first-order valence-corrected chi connectivity index (χ1v) is 12.1. The molecule has 1 aliphatic carbocycles. The van der Waals surface area contributed by atoms with E-state index in [-0.39, 0.29) is 17.9 Å². The number of amides is 2. The number of rotatable bonds is 7. The average Bonchev–Trinajstić information content (AvgIpc) is 3.44. The van der Waals surface area contributed by atoms with Crippen molar-refractivity contribution in [3.63, 3.8) is 0 Å². The Kier molecular flexibility index (Phi) is 7.41. The molecule has 2 aromatic rings. The number of ether oxygens (including phenoxy) is 1. The zero-order chi connectivity index (χ0) is 21.5. The Balaban J connectivity index is 1.53. The molecule has 2 fully saturated rings. The predicted molar refractivity (Wildman–Crippen MR) is 124 cm³/mol. The number of nitrogens with one attached hydrogen (secondary N) is 1. The van der Waals surface area contributed by atoms with Crippen molar-refractivity contribution >= 4 is 29.2 Å². The number of carbonyl (C=O) groups excluding carboxylic acids is 2. The molecule has 1 saturated carbocycles. The van der Waals surface area contributed by atoms with E-state index < -0.39 is 6.04 Å². The van der Waals surface area contributed by atoms with Crippen LogP contribution in [-0.2, 0) is 16.1 Å². The highest BCUT2D eigenvalue weighted by molar-refractivity contribution is 7.10. The van der Waals surface area contributed by atoms with Gasteiger partial charge < -0.3 is 15.0 Å². The van der Waals surface area contributed by atoms with Crippen LogP contribution in [0.25, 0.3) is 6.08 Å². The number of benzene rings is 1. The van der Waals surface area contributed by atoms with Crippen molar-refractivity contribution in [1.82, 2.24) is 10.2 Å². The quantitative estimate of drug-likeness (QED) is 0.633. The van der Waals surface area contributed by atoms with Gasteiger partial charge in [-0.15, -0.1) is 11.3 Å². The first-order valence-electron chi connectivity index (χ1n) is 11.2. The van der Waals surface area contributed by atoms with E-state index in [0.717, 1.165) is 41.9 Å². The summed E-state index contributed by atoms with van der Waals surface area (Å²) >= 11 is 1.58. The molecule has 1 aliphatic heterocycles. The third-order valence-corrected chi connectivity index (χ3v) is 6.79. The molecule has 1 N–H and O–H groups in total. The van der Waals surface area contributed by atoms with Crippen LogP contribution in [0.1, 0.15) is 55.4 Å². The van der Waals surface area contributed by atoms with Gasteiger partial charge in [0.25, 0.3) is 0 Å². The van der Waals surface area contributed by atoms with Gasteiger partial charge in [0, 0.05) is 24.0 Å². The van der Waals surface area contributed by atoms with Crippen molar-refractivity contribution in [2.75, 3.05) is 6.54 Å². The van der Waals surface area contributed by atoms with Crippen molar-refractivity contribution in [2.45, 2.75) is 63.6 Å². The second kappa shape index (κ2) is 10.6. The molecule has 1 aromatic heterocycles. The van der Waals surface area contributed by atoms with Gasteiger partial charge in [0.2, 0.25) is 11.8 Å². The molecule has 2 aliphatic rings. The third-order valence-electron chi connectivity index (χ3n) is 5.96. The molecule has 1 atom stereocenters. The zero-order valence-electron chi connectivity index (χ0n) is 17.8. The standard InChI is InChI=1S/C25H30N2O3S/c28-24(14-13-22-11-6-16-31-22)27(23-12-3-4-15-26-25(23)29)18-19-7-5-10-21(17-19)30-20-8-1-2-9-20/h5-7,10-11,13-14,16-17,20,23H,1-4,8-9,12,15,18H2,(H,26,29)/t23-/m0/s1. The van der Waals surface area contributed by atoms with Crippen LogP contribution in [0.5, 0.6) is 5.75 Å². The number of nitrogens with zero attached hydrogens (tertiary/aromatic N) is 1. The molecule has 4 rings (SSSR count). The van der Waals surface area contributed by atoms with Crippen LogP contribution in [0.15, 0.2) is 47.9 Å². The topological polar surface area (TPSA) is 58.6 Å². The van der Waals surface area contributed by atoms with Crippen LogP contribution >= 0.6 is 11.3 Å². The first kappa shape index (κ1) is 21.6. The Morgan fingerprint density at radius 1 is 1.13 bits per heavy atom. The fourth-order valence-electron chi connectivity index (χ4n) is 4.31. The monoisotopic (exact) mass is 438 g/mol. The Morgan fingerprint density at radius 3 is 2.77 bits per heavy atom. The van der Waals surface area contributed by atoms with Gasteiger partial charge in [-0.3, -0.25) is 9.59 Å². The lowest BCUT2D eigenvalue weighted by Gasteiger charge is -2.29. The van der Waals surface area contributed by atoms with Crippen LogP contribution in [0.2, 0.25) is 0 Å². The van der Waals surface area contributed by atoms with E-state index in [1.165, 1.54) is 12.8 Å². The Bertz CT molecular complexity index is 903. The first-order chi connectivity index (χ1) is 15.2. The lowest BCUT2D eigenvalue weighted by atomic mass is 10.1. The highest BCUT2D eigenvalue weighted by Gasteiger charge is 2.30. The summed E-state index contributed by atoms with van der Waals surface area (Å²) in [4.78, 5) is 28.7. The van der Waals surface area contributed by atoms with Gasteiger partial charge in [-0.2, -0.15) is 0 Å². The highest BCUT2D eigenvalue weighted by atomic mass is 32.1. The highest BCUT2D eigenvalue weighted by Crippen LogP contribution is 2.26. The molecule has 2 amide bonds. The van der Waals surface area contributed by atoms with Gasteiger partial charge >= 0.3 is 0 Å². The molecule has 0 radical (unpaired) electrons. The maximum atomic E-state index is 13.2. The fourth-order valence-corrected chi connectivity index (χ4v) is 4.93. The van der Waals surface area contributed by atoms with Gasteiger partial charge in [0.15, 0.2) is 0 Å². The summed E-state index contributed by atoms with van der Waals surface area (Å²) in [7, 11) is 0. The van der Waals surface area contributed by atoms with Gasteiger partial charge in [0.05, 0.1) is 6.10 Å². The van der Waals surface area contributed by atoms with Crippen LogP contribution in [0, 0.1) is 0 Å². The SMILES string of the molecule is O=C1NCCCC[C@@H]1N(Cc1cccc(OC2CCCC2)c1)C(=O)C=Cc1cccs1. The molecular weight excluding hydrogens is 408 g/mol. The van der Waals surface area contributed by atoms with Crippen LogP contribution in [-0.4, -0.2) is 35.4 Å². The van der Waals surface area contributed by atoms with E-state index >= 15 is 0 Å². The van der Waals surface area contributed by atoms with Crippen molar-refractivity contribution in [2.24, 2.45) is 0 Å². The Labute approximate surface area is 188 Å². The maximum Gasteiger partial charge on any atom is 0.247 e. The normalized spacial score (nSPS) is 19.9. The lowest BCUT2D eigenvalue weighted by Crippen LogP contribution is -2.47. The minimum Gasteiger partial charge on any atom is -0.490 e. The van der Waals surface area contributed by atoms with Crippen molar-refractivity contribution in [1.29, 1.82) is 0 Å². The predicted octanol–water partition coefficient (Wildman–Crippen LogP) is 4.78. The van der Waals surface area contributed by atoms with Crippen LogP contribution in [0.4, 0.5) is 0 Å². The summed E-state index contributed by atoms with van der Waals surface area (Å²) in [6.45, 7) is 1.06. The zero-order valence-corrected chi connectivity index (χ0v) is 18.6. The molecule has 0 unspecified atom stereocenters. The lowest BCUT2D eigenvalue weighted by molar-refractivity contribution is -0.137. The fraction of sp³-hybridized carbons (Fsp3) is 0.440. The van der Waals surface area contributed by atoms with Crippen LogP contribution in [0.3, 0.4) is 0 Å². The van der Waals surface area contributed by atoms with Gasteiger partial charge in [-0.1, -0.05) is 18.2 Å². The number of hydrogen-bond acceptors (Lipinski definition) is 4. The van der Waals surface area contributed by atoms with Gasteiger partial charge in [0.1, 0.15) is 11.8 Å². The molecule has 2 heterocycles. The second-order valence-electron chi connectivity index (χ2n) is 8.29. The summed E-state index contributed by atoms with van der Waals surface area (Å²) in [6, 6.07) is 11.4.